The van der Waals surface area contributed by atoms with Gasteiger partial charge in [0, 0.05) is 13.1 Å². The van der Waals surface area contributed by atoms with Crippen LogP contribution in [0.25, 0.3) is 0 Å². The number of carbonyl (C=O) groups excluding carboxylic acids is 1. The van der Waals surface area contributed by atoms with Gasteiger partial charge in [-0.25, -0.2) is 0 Å². The molecule has 27 heavy (non-hydrogen) atoms. The Bertz CT molecular complexity index is 648. The predicted molar refractivity (Wildman–Crippen MR) is 105 cm³/mol. The topological polar surface area (TPSA) is 81.0 Å². The minimum absolute atomic E-state index is 0.140. The summed E-state index contributed by atoms with van der Waals surface area (Å²) in [5, 5.41) is 30.7. The van der Waals surface area contributed by atoms with E-state index in [2.05, 4.69) is 0 Å². The van der Waals surface area contributed by atoms with Crippen LogP contribution in [0.3, 0.4) is 0 Å². The molecule has 2 aromatic rings. The summed E-state index contributed by atoms with van der Waals surface area (Å²) in [7, 11) is 0. The van der Waals surface area contributed by atoms with Gasteiger partial charge < -0.3 is 20.2 Å². The van der Waals surface area contributed by atoms with Crippen molar-refractivity contribution in [1.29, 1.82) is 0 Å². The third-order valence-electron chi connectivity index (χ3n) is 4.43. The van der Waals surface area contributed by atoms with Crippen LogP contribution in [-0.4, -0.2) is 44.4 Å². The molecule has 0 saturated carbocycles. The fourth-order valence-electron chi connectivity index (χ4n) is 2.99. The normalized spacial score (nSPS) is 14.6. The average Bonchev–Trinajstić information content (AvgIpc) is 2.67. The zero-order valence-electron chi connectivity index (χ0n) is 15.9. The van der Waals surface area contributed by atoms with Crippen LogP contribution in [0, 0.1) is 5.92 Å². The largest absolute Gasteiger partial charge is 0.390 e. The van der Waals surface area contributed by atoms with Crippen molar-refractivity contribution in [3.8, 4) is 0 Å². The Morgan fingerprint density at radius 1 is 0.852 bits per heavy atom. The quantitative estimate of drug-likeness (QED) is 0.632. The van der Waals surface area contributed by atoms with Crippen molar-refractivity contribution in [2.24, 2.45) is 5.92 Å². The van der Waals surface area contributed by atoms with Crippen LogP contribution in [0.1, 0.15) is 31.4 Å². The molecule has 3 N–H and O–H groups in total. The first-order valence-corrected chi connectivity index (χ1v) is 9.29. The van der Waals surface area contributed by atoms with E-state index in [0.717, 1.165) is 11.1 Å². The maximum Gasteiger partial charge on any atom is 0.254 e. The Labute approximate surface area is 160 Å². The summed E-state index contributed by atoms with van der Waals surface area (Å²) < 4.78 is 0. The molecule has 0 fully saturated rings. The second-order valence-corrected chi connectivity index (χ2v) is 7.30. The van der Waals surface area contributed by atoms with E-state index < -0.39 is 24.2 Å². The van der Waals surface area contributed by atoms with E-state index in [9.17, 15) is 20.1 Å². The number of amides is 1. The van der Waals surface area contributed by atoms with Gasteiger partial charge in [0.1, 0.15) is 6.10 Å². The van der Waals surface area contributed by atoms with Crippen LogP contribution in [0.4, 0.5) is 0 Å². The lowest BCUT2D eigenvalue weighted by Gasteiger charge is -2.29. The van der Waals surface area contributed by atoms with E-state index in [4.69, 9.17) is 0 Å². The smallest absolute Gasteiger partial charge is 0.254 e. The van der Waals surface area contributed by atoms with Crippen LogP contribution in [0.5, 0.6) is 0 Å². The fourth-order valence-corrected chi connectivity index (χ4v) is 2.99. The lowest BCUT2D eigenvalue weighted by molar-refractivity contribution is -0.153. The van der Waals surface area contributed by atoms with Gasteiger partial charge in [-0.3, -0.25) is 4.79 Å². The van der Waals surface area contributed by atoms with E-state index in [0.29, 0.717) is 19.5 Å². The van der Waals surface area contributed by atoms with Crippen molar-refractivity contribution in [1.82, 2.24) is 4.90 Å². The number of aliphatic hydroxyl groups excluding tert-OH is 3. The molecule has 0 aliphatic carbocycles. The first-order valence-electron chi connectivity index (χ1n) is 9.29. The predicted octanol–water partition coefficient (Wildman–Crippen LogP) is 2.34. The van der Waals surface area contributed by atoms with Gasteiger partial charge in [0.05, 0.1) is 6.10 Å². The van der Waals surface area contributed by atoms with Gasteiger partial charge in [0.15, 0.2) is 6.10 Å². The third kappa shape index (κ3) is 6.47. The molecule has 2 aromatic carbocycles. The zero-order chi connectivity index (χ0) is 19.8. The van der Waals surface area contributed by atoms with Crippen molar-refractivity contribution in [3.63, 3.8) is 0 Å². The molecule has 0 bridgehead atoms. The van der Waals surface area contributed by atoms with Crippen LogP contribution >= 0.6 is 0 Å². The number of benzene rings is 2. The highest BCUT2D eigenvalue weighted by atomic mass is 16.4. The monoisotopic (exact) mass is 371 g/mol. The number of nitrogens with zero attached hydrogens (tertiary/aromatic N) is 1. The van der Waals surface area contributed by atoms with Crippen LogP contribution in [-0.2, 0) is 17.9 Å². The minimum Gasteiger partial charge on any atom is -0.390 e. The molecule has 0 saturated heterocycles. The molecular formula is C22H29NO4. The van der Waals surface area contributed by atoms with E-state index >= 15 is 0 Å². The molecule has 5 nitrogen and oxygen atoms in total. The van der Waals surface area contributed by atoms with E-state index in [1.807, 2.05) is 74.5 Å². The summed E-state index contributed by atoms with van der Waals surface area (Å²) in [6.07, 6.45) is -4.04. The Morgan fingerprint density at radius 3 is 1.70 bits per heavy atom. The maximum absolute atomic E-state index is 12.9. The summed E-state index contributed by atoms with van der Waals surface area (Å²) in [4.78, 5) is 14.4. The summed E-state index contributed by atoms with van der Waals surface area (Å²) in [6.45, 7) is 4.42. The van der Waals surface area contributed by atoms with Gasteiger partial charge >= 0.3 is 0 Å². The SMILES string of the molecule is CC(C)CC(O)C(O)C(O)C(=O)N(Cc1ccccc1)Cc1ccccc1. The first-order chi connectivity index (χ1) is 12.9. The van der Waals surface area contributed by atoms with Gasteiger partial charge in [0.25, 0.3) is 5.91 Å². The third-order valence-corrected chi connectivity index (χ3v) is 4.43. The molecule has 0 radical (unpaired) electrons. The molecule has 1 amide bonds. The van der Waals surface area contributed by atoms with E-state index in [1.165, 1.54) is 4.90 Å². The molecule has 3 atom stereocenters. The van der Waals surface area contributed by atoms with Crippen molar-refractivity contribution in [2.45, 2.75) is 51.7 Å². The van der Waals surface area contributed by atoms with Crippen molar-refractivity contribution < 1.29 is 20.1 Å². The number of carbonyl (C=O) groups is 1. The summed E-state index contributed by atoms with van der Waals surface area (Å²) in [5.41, 5.74) is 1.84. The zero-order valence-corrected chi connectivity index (χ0v) is 15.9. The number of hydrogen-bond donors (Lipinski definition) is 3. The van der Waals surface area contributed by atoms with Gasteiger partial charge in [-0.1, -0.05) is 74.5 Å². The van der Waals surface area contributed by atoms with Gasteiger partial charge in [0.2, 0.25) is 0 Å². The lowest BCUT2D eigenvalue weighted by Crippen LogP contribution is -2.48. The number of aliphatic hydroxyl groups is 3. The van der Waals surface area contributed by atoms with Crippen LogP contribution < -0.4 is 0 Å². The molecular weight excluding hydrogens is 342 g/mol. The average molecular weight is 371 g/mol. The van der Waals surface area contributed by atoms with Gasteiger partial charge in [-0.2, -0.15) is 0 Å². The molecule has 5 heteroatoms. The molecule has 0 aromatic heterocycles. The van der Waals surface area contributed by atoms with Gasteiger partial charge in [-0.05, 0) is 23.5 Å². The fraction of sp³-hybridized carbons (Fsp3) is 0.409. The summed E-state index contributed by atoms with van der Waals surface area (Å²) in [5.74, 6) is -0.459. The van der Waals surface area contributed by atoms with Crippen molar-refractivity contribution in [2.75, 3.05) is 0 Å². The molecule has 0 heterocycles. The highest BCUT2D eigenvalue weighted by Crippen LogP contribution is 2.16. The number of rotatable bonds is 9. The van der Waals surface area contributed by atoms with Gasteiger partial charge in [-0.15, -0.1) is 0 Å². The standard InChI is InChI=1S/C22H29NO4/c1-16(2)13-19(24)20(25)21(26)22(27)23(14-17-9-5-3-6-10-17)15-18-11-7-4-8-12-18/h3-12,16,19-21,24-26H,13-15H2,1-2H3. The molecule has 146 valence electrons. The second kappa shape index (κ2) is 10.2. The second-order valence-electron chi connectivity index (χ2n) is 7.30. The molecule has 0 aliphatic rings. The lowest BCUT2D eigenvalue weighted by atomic mass is 9.98. The Hall–Kier alpha value is -2.21. The molecule has 0 spiro atoms. The highest BCUT2D eigenvalue weighted by molar-refractivity contribution is 5.81. The molecule has 2 rings (SSSR count). The first kappa shape index (κ1) is 21.1. The summed E-state index contributed by atoms with van der Waals surface area (Å²) >= 11 is 0. The molecule has 3 unspecified atom stereocenters. The van der Waals surface area contributed by atoms with Crippen LogP contribution in [0.2, 0.25) is 0 Å². The molecule has 0 aliphatic heterocycles. The Morgan fingerprint density at radius 2 is 1.30 bits per heavy atom. The van der Waals surface area contributed by atoms with Crippen molar-refractivity contribution in [3.05, 3.63) is 71.8 Å². The minimum atomic E-state index is -1.67. The van der Waals surface area contributed by atoms with Crippen molar-refractivity contribution >= 4 is 5.91 Å². The van der Waals surface area contributed by atoms with Crippen LogP contribution in [0.15, 0.2) is 60.7 Å². The van der Waals surface area contributed by atoms with E-state index in [-0.39, 0.29) is 5.92 Å². The maximum atomic E-state index is 12.9. The Kier molecular flexibility index (Phi) is 7.98. The summed E-state index contributed by atoms with van der Waals surface area (Å²) in [6, 6.07) is 19.0. The highest BCUT2D eigenvalue weighted by Gasteiger charge is 2.33. The number of hydrogen-bond acceptors (Lipinski definition) is 4. The Balaban J connectivity index is 2.16. The van der Waals surface area contributed by atoms with E-state index in [1.54, 1.807) is 0 Å².